The van der Waals surface area contributed by atoms with Gasteiger partial charge in [0.2, 0.25) is 0 Å². The van der Waals surface area contributed by atoms with Crippen LogP contribution in [0.1, 0.15) is 30.2 Å². The zero-order chi connectivity index (χ0) is 15.8. The van der Waals surface area contributed by atoms with Gasteiger partial charge >= 0.3 is 5.97 Å². The summed E-state index contributed by atoms with van der Waals surface area (Å²) in [6.45, 7) is 2.17. The predicted molar refractivity (Wildman–Crippen MR) is 85.2 cm³/mol. The summed E-state index contributed by atoms with van der Waals surface area (Å²) in [5.74, 6) is -0.330. The number of ether oxygens (including phenoxy) is 1. The lowest BCUT2D eigenvalue weighted by molar-refractivity contribution is -0.142. The fraction of sp³-hybridized carbons (Fsp3) is 0.278. The van der Waals surface area contributed by atoms with E-state index in [0.29, 0.717) is 6.61 Å². The maximum absolute atomic E-state index is 11.6. The molecule has 0 amide bonds. The first-order chi connectivity index (χ1) is 10.7. The highest BCUT2D eigenvalue weighted by Gasteiger charge is 2.23. The van der Waals surface area contributed by atoms with Crippen molar-refractivity contribution in [2.45, 2.75) is 19.1 Å². The highest BCUT2D eigenvalue weighted by Crippen LogP contribution is 2.28. The average molecular weight is 299 g/mol. The van der Waals surface area contributed by atoms with Crippen LogP contribution in [0.5, 0.6) is 0 Å². The third-order valence-corrected chi connectivity index (χ3v) is 3.39. The fourth-order valence-electron chi connectivity index (χ4n) is 2.32. The first kappa shape index (κ1) is 16.2. The minimum absolute atomic E-state index is 0.0529. The second kappa shape index (κ2) is 8.32. The number of hydrogen-bond donors (Lipinski definition) is 2. The Hall–Kier alpha value is -2.17. The van der Waals surface area contributed by atoms with Gasteiger partial charge in [0.25, 0.3) is 0 Å². The number of hydrogen-bond acceptors (Lipinski definition) is 4. The molecule has 22 heavy (non-hydrogen) atoms. The van der Waals surface area contributed by atoms with Gasteiger partial charge in [-0.25, -0.2) is 0 Å². The number of aliphatic hydroxyl groups excluding tert-OH is 1. The zero-order valence-corrected chi connectivity index (χ0v) is 12.6. The Morgan fingerprint density at radius 1 is 1.05 bits per heavy atom. The van der Waals surface area contributed by atoms with Gasteiger partial charge in [-0.05, 0) is 18.1 Å². The van der Waals surface area contributed by atoms with Crippen molar-refractivity contribution < 1.29 is 14.6 Å². The van der Waals surface area contributed by atoms with Crippen molar-refractivity contribution in [1.82, 2.24) is 5.32 Å². The van der Waals surface area contributed by atoms with E-state index in [1.54, 1.807) is 6.92 Å². The second-order valence-electron chi connectivity index (χ2n) is 4.93. The van der Waals surface area contributed by atoms with Crippen molar-refractivity contribution in [1.29, 1.82) is 0 Å². The van der Waals surface area contributed by atoms with Gasteiger partial charge in [0.15, 0.2) is 0 Å². The molecule has 0 bridgehead atoms. The highest BCUT2D eigenvalue weighted by atomic mass is 16.5. The Balaban J connectivity index is 2.16. The van der Waals surface area contributed by atoms with Gasteiger partial charge in [0, 0.05) is 0 Å². The molecule has 0 unspecified atom stereocenters. The van der Waals surface area contributed by atoms with Crippen LogP contribution in [-0.2, 0) is 9.53 Å². The maximum Gasteiger partial charge on any atom is 0.319 e. The Morgan fingerprint density at radius 2 is 1.59 bits per heavy atom. The van der Waals surface area contributed by atoms with Crippen molar-refractivity contribution in [2.75, 3.05) is 13.2 Å². The summed E-state index contributed by atoms with van der Waals surface area (Å²) in [6, 6.07) is 18.6. The number of rotatable bonds is 7. The first-order valence-electron chi connectivity index (χ1n) is 7.39. The van der Waals surface area contributed by atoms with Gasteiger partial charge in [0.1, 0.15) is 0 Å². The van der Waals surface area contributed by atoms with E-state index < -0.39 is 6.10 Å². The van der Waals surface area contributed by atoms with Crippen LogP contribution in [-0.4, -0.2) is 24.2 Å². The third kappa shape index (κ3) is 4.41. The molecule has 4 nitrogen and oxygen atoms in total. The molecule has 0 saturated carbocycles. The Labute approximate surface area is 130 Å². The van der Waals surface area contributed by atoms with Crippen molar-refractivity contribution in [3.05, 3.63) is 71.8 Å². The minimum Gasteiger partial charge on any atom is -0.465 e. The number of benzene rings is 2. The number of carbonyl (C=O) groups excluding carboxylic acids is 1. The molecule has 0 aliphatic rings. The molecule has 0 fully saturated rings. The topological polar surface area (TPSA) is 58.6 Å². The Morgan fingerprint density at radius 3 is 2.14 bits per heavy atom. The predicted octanol–water partition coefficient (Wildman–Crippen LogP) is 2.61. The van der Waals surface area contributed by atoms with Gasteiger partial charge < -0.3 is 9.84 Å². The van der Waals surface area contributed by atoms with E-state index >= 15 is 0 Å². The highest BCUT2D eigenvalue weighted by molar-refractivity contribution is 5.71. The summed E-state index contributed by atoms with van der Waals surface area (Å²) < 4.78 is 4.93. The summed E-state index contributed by atoms with van der Waals surface area (Å²) in [6.07, 6.45) is -0.752. The van der Waals surface area contributed by atoms with Crippen molar-refractivity contribution >= 4 is 5.97 Å². The number of aliphatic hydroxyl groups is 1. The molecule has 0 radical (unpaired) electrons. The van der Waals surface area contributed by atoms with Crippen LogP contribution >= 0.6 is 0 Å². The van der Waals surface area contributed by atoms with Gasteiger partial charge in [-0.1, -0.05) is 60.7 Å². The molecule has 0 saturated heterocycles. The normalized spacial score (nSPS) is 13.4. The summed E-state index contributed by atoms with van der Waals surface area (Å²) >= 11 is 0. The van der Waals surface area contributed by atoms with Crippen LogP contribution in [0.15, 0.2) is 60.7 Å². The molecular weight excluding hydrogens is 278 g/mol. The van der Waals surface area contributed by atoms with Crippen molar-refractivity contribution in [3.63, 3.8) is 0 Å². The van der Waals surface area contributed by atoms with Crippen LogP contribution in [0.4, 0.5) is 0 Å². The van der Waals surface area contributed by atoms with Gasteiger partial charge in [0.05, 0.1) is 25.3 Å². The molecule has 0 aromatic heterocycles. The van der Waals surface area contributed by atoms with E-state index in [9.17, 15) is 9.90 Å². The average Bonchev–Trinajstić information content (AvgIpc) is 2.57. The first-order valence-corrected chi connectivity index (χ1v) is 7.39. The van der Waals surface area contributed by atoms with E-state index in [0.717, 1.165) is 11.1 Å². The molecule has 0 aliphatic carbocycles. The van der Waals surface area contributed by atoms with Crippen LogP contribution in [0.2, 0.25) is 0 Å². The number of nitrogens with one attached hydrogen (secondary N) is 1. The molecule has 2 N–H and O–H groups in total. The standard InChI is InChI=1S/C18H21NO3/c1-2-22-16(20)13-19-17(14-9-5-3-6-10-14)18(21)15-11-7-4-8-12-15/h3-12,17-19,21H,2,13H2,1H3/t17-,18+/m0/s1. The second-order valence-corrected chi connectivity index (χ2v) is 4.93. The minimum atomic E-state index is -0.752. The molecule has 0 heterocycles. The van der Waals surface area contributed by atoms with Crippen LogP contribution < -0.4 is 5.32 Å². The molecular formula is C18H21NO3. The monoisotopic (exact) mass is 299 g/mol. The van der Waals surface area contributed by atoms with Crippen molar-refractivity contribution in [2.24, 2.45) is 0 Å². The lowest BCUT2D eigenvalue weighted by Crippen LogP contribution is -2.32. The summed E-state index contributed by atoms with van der Waals surface area (Å²) in [5.41, 5.74) is 1.72. The summed E-state index contributed by atoms with van der Waals surface area (Å²) in [7, 11) is 0. The largest absolute Gasteiger partial charge is 0.465 e. The molecule has 0 spiro atoms. The number of esters is 1. The third-order valence-electron chi connectivity index (χ3n) is 3.39. The van der Waals surface area contributed by atoms with E-state index in [1.165, 1.54) is 0 Å². The fourth-order valence-corrected chi connectivity index (χ4v) is 2.32. The quantitative estimate of drug-likeness (QED) is 0.772. The molecule has 2 aromatic carbocycles. The molecule has 2 rings (SSSR count). The Bertz CT molecular complexity index is 571. The van der Waals surface area contributed by atoms with Gasteiger partial charge in [-0.15, -0.1) is 0 Å². The van der Waals surface area contributed by atoms with Crippen LogP contribution in [0.25, 0.3) is 0 Å². The summed E-state index contributed by atoms with van der Waals surface area (Å²) in [4.78, 5) is 11.6. The van der Waals surface area contributed by atoms with Gasteiger partial charge in [-0.3, -0.25) is 10.1 Å². The Kier molecular flexibility index (Phi) is 6.13. The van der Waals surface area contributed by atoms with E-state index in [1.807, 2.05) is 60.7 Å². The zero-order valence-electron chi connectivity index (χ0n) is 12.6. The lowest BCUT2D eigenvalue weighted by atomic mass is 9.96. The van der Waals surface area contributed by atoms with E-state index in [4.69, 9.17) is 4.74 Å². The molecule has 4 heteroatoms. The molecule has 0 aliphatic heterocycles. The van der Waals surface area contributed by atoms with E-state index in [2.05, 4.69) is 5.32 Å². The summed E-state index contributed by atoms with van der Waals surface area (Å²) in [5, 5.41) is 13.8. The molecule has 2 atom stereocenters. The SMILES string of the molecule is CCOC(=O)CN[C@@H](c1ccccc1)[C@H](O)c1ccccc1. The smallest absolute Gasteiger partial charge is 0.319 e. The lowest BCUT2D eigenvalue weighted by Gasteiger charge is -2.24. The number of carbonyl (C=O) groups is 1. The maximum atomic E-state index is 11.6. The van der Waals surface area contributed by atoms with Crippen molar-refractivity contribution in [3.8, 4) is 0 Å². The van der Waals surface area contributed by atoms with Gasteiger partial charge in [-0.2, -0.15) is 0 Å². The van der Waals surface area contributed by atoms with E-state index in [-0.39, 0.29) is 18.6 Å². The van der Waals surface area contributed by atoms with Crippen LogP contribution in [0, 0.1) is 0 Å². The molecule has 2 aromatic rings. The molecule has 116 valence electrons. The van der Waals surface area contributed by atoms with Crippen LogP contribution in [0.3, 0.4) is 0 Å².